The molecule has 2 N–H and O–H groups in total. The summed E-state index contributed by atoms with van der Waals surface area (Å²) >= 11 is 0. The number of aryl methyl sites for hydroxylation is 1. The third-order valence-electron chi connectivity index (χ3n) is 6.54. The van der Waals surface area contributed by atoms with Gasteiger partial charge in [-0.2, -0.15) is 0 Å². The number of methoxy groups -OCH3 is 1. The normalized spacial score (nSPS) is 16.7. The molecule has 36 heavy (non-hydrogen) atoms. The average molecular weight is 491 g/mol. The van der Waals surface area contributed by atoms with E-state index in [4.69, 9.17) is 14.2 Å². The fourth-order valence-electron chi connectivity index (χ4n) is 4.62. The number of ether oxygens (including phenoxy) is 3. The van der Waals surface area contributed by atoms with Crippen LogP contribution in [0.5, 0.6) is 11.5 Å². The second-order valence-electron chi connectivity index (χ2n) is 8.82. The van der Waals surface area contributed by atoms with Crippen molar-refractivity contribution in [2.24, 2.45) is 0 Å². The molecule has 1 saturated heterocycles. The molecule has 0 saturated carbocycles. The molecule has 0 unspecified atom stereocenters. The predicted molar refractivity (Wildman–Crippen MR) is 138 cm³/mol. The molecule has 3 heterocycles. The van der Waals surface area contributed by atoms with Crippen molar-refractivity contribution in [1.29, 1.82) is 0 Å². The number of carbonyl (C=O) groups is 2. The van der Waals surface area contributed by atoms with Gasteiger partial charge in [0.25, 0.3) is 0 Å². The van der Waals surface area contributed by atoms with E-state index in [1.54, 1.807) is 31.4 Å². The van der Waals surface area contributed by atoms with Gasteiger partial charge in [-0.05, 0) is 48.9 Å². The number of anilines is 1. The van der Waals surface area contributed by atoms with Crippen molar-refractivity contribution in [2.75, 3.05) is 52.3 Å². The van der Waals surface area contributed by atoms with Gasteiger partial charge in [0.05, 0.1) is 25.9 Å². The average Bonchev–Trinajstić information content (AvgIpc) is 3.41. The van der Waals surface area contributed by atoms with E-state index >= 15 is 0 Å². The molecule has 9 nitrogen and oxygen atoms in total. The Morgan fingerprint density at radius 3 is 2.75 bits per heavy atom. The lowest BCUT2D eigenvalue weighted by Crippen LogP contribution is -2.37. The number of hydrogen-bond donors (Lipinski definition) is 2. The molecule has 2 aromatic carbocycles. The van der Waals surface area contributed by atoms with Crippen LogP contribution in [-0.2, 0) is 11.3 Å². The van der Waals surface area contributed by atoms with E-state index in [-0.39, 0.29) is 17.6 Å². The number of allylic oxidation sites excluding steroid dienone is 1. The fourth-order valence-corrected chi connectivity index (χ4v) is 4.62. The molecule has 0 aliphatic carbocycles. The van der Waals surface area contributed by atoms with Crippen molar-refractivity contribution in [3.05, 3.63) is 59.5 Å². The van der Waals surface area contributed by atoms with Gasteiger partial charge in [-0.25, -0.2) is 4.79 Å². The molecule has 0 radical (unpaired) electrons. The summed E-state index contributed by atoms with van der Waals surface area (Å²) in [5.41, 5.74) is 2.90. The summed E-state index contributed by atoms with van der Waals surface area (Å²) in [6.45, 7) is 5.40. The summed E-state index contributed by atoms with van der Waals surface area (Å²) in [4.78, 5) is 27.2. The second-order valence-corrected chi connectivity index (χ2v) is 8.82. The number of fused-ring (bicyclic) bond motifs is 2. The van der Waals surface area contributed by atoms with Gasteiger partial charge in [0, 0.05) is 61.6 Å². The molecule has 3 aromatic rings. The van der Waals surface area contributed by atoms with E-state index in [0.29, 0.717) is 17.0 Å². The van der Waals surface area contributed by atoms with Crippen molar-refractivity contribution in [2.45, 2.75) is 13.0 Å². The predicted octanol–water partition coefficient (Wildman–Crippen LogP) is 3.74. The SMILES string of the molecule is CNC(=O)Nc1ccc2c(c1)C(=O)C(=Cc1cn(CCCN3CCOCC3)c3ccc(OC)cc13)O2. The number of nitrogens with zero attached hydrogens (tertiary/aromatic N) is 2. The molecule has 1 aromatic heterocycles. The number of benzene rings is 2. The number of ketones is 1. The van der Waals surface area contributed by atoms with Gasteiger partial charge in [-0.1, -0.05) is 0 Å². The monoisotopic (exact) mass is 490 g/mol. The number of morpholine rings is 1. The molecule has 2 aliphatic rings. The molecule has 0 atom stereocenters. The van der Waals surface area contributed by atoms with E-state index in [2.05, 4.69) is 26.3 Å². The molecule has 1 fully saturated rings. The van der Waals surface area contributed by atoms with E-state index in [1.807, 2.05) is 18.2 Å². The van der Waals surface area contributed by atoms with Gasteiger partial charge >= 0.3 is 6.03 Å². The smallest absolute Gasteiger partial charge is 0.318 e. The van der Waals surface area contributed by atoms with Crippen molar-refractivity contribution in [3.8, 4) is 11.5 Å². The van der Waals surface area contributed by atoms with Crippen LogP contribution < -0.4 is 20.1 Å². The third kappa shape index (κ3) is 4.93. The Labute approximate surface area is 209 Å². The molecule has 0 bridgehead atoms. The number of rotatable bonds is 7. The van der Waals surface area contributed by atoms with Gasteiger partial charge in [-0.15, -0.1) is 0 Å². The van der Waals surface area contributed by atoms with E-state index in [9.17, 15) is 9.59 Å². The lowest BCUT2D eigenvalue weighted by atomic mass is 10.1. The van der Waals surface area contributed by atoms with Gasteiger partial charge in [0.2, 0.25) is 5.78 Å². The Balaban J connectivity index is 1.40. The molecule has 2 aliphatic heterocycles. The van der Waals surface area contributed by atoms with Crippen LogP contribution in [0.15, 0.2) is 48.4 Å². The lowest BCUT2D eigenvalue weighted by molar-refractivity contribution is 0.0369. The van der Waals surface area contributed by atoms with E-state index in [1.165, 1.54) is 7.05 Å². The maximum absolute atomic E-state index is 13.2. The Bertz CT molecular complexity index is 1320. The van der Waals surface area contributed by atoms with Crippen LogP contribution in [0.3, 0.4) is 0 Å². The highest BCUT2D eigenvalue weighted by molar-refractivity contribution is 6.15. The molecule has 5 rings (SSSR count). The quantitative estimate of drug-likeness (QED) is 0.490. The molecule has 2 amide bonds. The number of urea groups is 1. The Hall–Kier alpha value is -3.82. The summed E-state index contributed by atoms with van der Waals surface area (Å²) in [7, 11) is 3.18. The number of Topliss-reactive ketones (excluding diaryl/α,β-unsaturated/α-hetero) is 1. The Kier molecular flexibility index (Phi) is 6.92. The highest BCUT2D eigenvalue weighted by Crippen LogP contribution is 2.35. The van der Waals surface area contributed by atoms with E-state index < -0.39 is 0 Å². The molecule has 0 spiro atoms. The first kappa shape index (κ1) is 23.9. The number of aromatic nitrogens is 1. The van der Waals surface area contributed by atoms with Crippen LogP contribution in [-0.4, -0.2) is 68.3 Å². The van der Waals surface area contributed by atoms with Crippen LogP contribution in [0.2, 0.25) is 0 Å². The van der Waals surface area contributed by atoms with Crippen LogP contribution >= 0.6 is 0 Å². The highest BCUT2D eigenvalue weighted by Gasteiger charge is 2.28. The van der Waals surface area contributed by atoms with Gasteiger partial charge in [0.1, 0.15) is 11.5 Å². The molecule has 9 heteroatoms. The van der Waals surface area contributed by atoms with Gasteiger partial charge in [-0.3, -0.25) is 9.69 Å². The van der Waals surface area contributed by atoms with Crippen molar-refractivity contribution >= 4 is 34.5 Å². The molecular formula is C27H30N4O5. The standard InChI is InChI=1S/C27H30N4O5/c1-28-27(33)29-19-4-7-24-22(15-19)26(32)25(36-24)14-18-17-31(9-3-8-30-10-12-35-13-11-30)23-6-5-20(34-2)16-21(18)23/h4-7,14-17H,3,8-13H2,1-2H3,(H2,28,29,33). The van der Waals surface area contributed by atoms with Crippen molar-refractivity contribution in [1.82, 2.24) is 14.8 Å². The van der Waals surface area contributed by atoms with Gasteiger partial charge in [0.15, 0.2) is 5.76 Å². The number of hydrogen-bond acceptors (Lipinski definition) is 6. The molecule has 188 valence electrons. The molecular weight excluding hydrogens is 460 g/mol. The minimum Gasteiger partial charge on any atom is -0.497 e. The summed E-state index contributed by atoms with van der Waals surface area (Å²) in [5.74, 6) is 1.25. The minimum absolute atomic E-state index is 0.221. The topological polar surface area (TPSA) is 94.1 Å². The zero-order chi connectivity index (χ0) is 25.1. The first-order valence-electron chi connectivity index (χ1n) is 12.1. The first-order valence-corrected chi connectivity index (χ1v) is 12.1. The zero-order valence-corrected chi connectivity index (χ0v) is 20.5. The first-order chi connectivity index (χ1) is 17.6. The van der Waals surface area contributed by atoms with Gasteiger partial charge < -0.3 is 29.4 Å². The largest absolute Gasteiger partial charge is 0.497 e. The summed E-state index contributed by atoms with van der Waals surface area (Å²) in [5, 5.41) is 6.17. The van der Waals surface area contributed by atoms with Crippen LogP contribution in [0, 0.1) is 0 Å². The summed E-state index contributed by atoms with van der Waals surface area (Å²) in [6, 6.07) is 10.7. The van der Waals surface area contributed by atoms with Crippen LogP contribution in [0.1, 0.15) is 22.3 Å². The lowest BCUT2D eigenvalue weighted by Gasteiger charge is -2.26. The maximum atomic E-state index is 13.2. The van der Waals surface area contributed by atoms with E-state index in [0.717, 1.165) is 68.0 Å². The highest BCUT2D eigenvalue weighted by atomic mass is 16.5. The van der Waals surface area contributed by atoms with Crippen LogP contribution in [0.25, 0.3) is 17.0 Å². The Morgan fingerprint density at radius 1 is 1.14 bits per heavy atom. The number of carbonyl (C=O) groups excluding carboxylic acids is 2. The number of nitrogens with one attached hydrogen (secondary N) is 2. The Morgan fingerprint density at radius 2 is 1.97 bits per heavy atom. The minimum atomic E-state index is -0.354. The zero-order valence-electron chi connectivity index (χ0n) is 20.5. The number of amides is 2. The second kappa shape index (κ2) is 10.4. The maximum Gasteiger partial charge on any atom is 0.318 e. The summed E-state index contributed by atoms with van der Waals surface area (Å²) < 4.78 is 19.0. The van der Waals surface area contributed by atoms with Crippen molar-refractivity contribution in [3.63, 3.8) is 0 Å². The third-order valence-corrected chi connectivity index (χ3v) is 6.54. The van der Waals surface area contributed by atoms with Crippen LogP contribution in [0.4, 0.5) is 10.5 Å². The van der Waals surface area contributed by atoms with Crippen molar-refractivity contribution < 1.29 is 23.8 Å². The fraction of sp³-hybridized carbons (Fsp3) is 0.333. The summed E-state index contributed by atoms with van der Waals surface area (Å²) in [6.07, 6.45) is 4.86.